The van der Waals surface area contributed by atoms with Crippen LogP contribution in [-0.4, -0.2) is 45.9 Å². The fourth-order valence-electron chi connectivity index (χ4n) is 1.59. The second kappa shape index (κ2) is 6.21. The molecule has 0 spiro atoms. The van der Waals surface area contributed by atoms with Crippen LogP contribution in [0.15, 0.2) is 0 Å². The Balaban J connectivity index is 5.05. The molecule has 0 bridgehead atoms. The van der Waals surface area contributed by atoms with Gasteiger partial charge in [0.25, 0.3) is 0 Å². The SMILES string of the molecule is CCN(C(=O)OC(C)(C)C)C(CC(C)(C)F)C(=O)O. The molecule has 1 N–H and O–H groups in total. The summed E-state index contributed by atoms with van der Waals surface area (Å²) in [5, 5.41) is 9.17. The molecule has 0 saturated carbocycles. The lowest BCUT2D eigenvalue weighted by atomic mass is 10.00. The number of amides is 1. The maximum absolute atomic E-state index is 13.7. The lowest BCUT2D eigenvalue weighted by Crippen LogP contribution is -2.49. The number of aliphatic carboxylic acids is 1. The van der Waals surface area contributed by atoms with Crippen molar-refractivity contribution < 1.29 is 23.8 Å². The second-order valence-corrected chi connectivity index (χ2v) is 6.04. The summed E-state index contributed by atoms with van der Waals surface area (Å²) < 4.78 is 18.8. The lowest BCUT2D eigenvalue weighted by molar-refractivity contribution is -0.144. The molecule has 6 heteroatoms. The third kappa shape index (κ3) is 6.98. The number of likely N-dealkylation sites (N-methyl/N-ethyl adjacent to an activating group) is 1. The second-order valence-electron chi connectivity index (χ2n) is 6.04. The molecular formula is C13H24FNO4. The van der Waals surface area contributed by atoms with E-state index < -0.39 is 29.4 Å². The maximum atomic E-state index is 13.7. The number of carboxylic acid groups (broad SMARTS) is 1. The number of hydrogen-bond donors (Lipinski definition) is 1. The van der Waals surface area contributed by atoms with E-state index in [0.29, 0.717) is 0 Å². The van der Waals surface area contributed by atoms with Crippen molar-refractivity contribution in [3.8, 4) is 0 Å². The molecule has 1 atom stereocenters. The van der Waals surface area contributed by atoms with Crippen molar-refractivity contribution >= 4 is 12.1 Å². The van der Waals surface area contributed by atoms with E-state index in [1.165, 1.54) is 13.8 Å². The third-order valence-electron chi connectivity index (χ3n) is 2.31. The minimum Gasteiger partial charge on any atom is -0.480 e. The van der Waals surface area contributed by atoms with Gasteiger partial charge in [-0.15, -0.1) is 0 Å². The first kappa shape index (κ1) is 17.7. The highest BCUT2D eigenvalue weighted by molar-refractivity contribution is 5.80. The Morgan fingerprint density at radius 2 is 1.74 bits per heavy atom. The summed E-state index contributed by atoms with van der Waals surface area (Å²) >= 11 is 0. The van der Waals surface area contributed by atoms with Crippen molar-refractivity contribution in [1.29, 1.82) is 0 Å². The van der Waals surface area contributed by atoms with E-state index >= 15 is 0 Å². The first-order chi connectivity index (χ1) is 8.37. The van der Waals surface area contributed by atoms with E-state index in [-0.39, 0.29) is 13.0 Å². The predicted octanol–water partition coefficient (Wildman–Crippen LogP) is 2.83. The fraction of sp³-hybridized carbons (Fsp3) is 0.846. The van der Waals surface area contributed by atoms with Gasteiger partial charge in [-0.1, -0.05) is 0 Å². The van der Waals surface area contributed by atoms with Crippen LogP contribution >= 0.6 is 0 Å². The number of alkyl halides is 1. The largest absolute Gasteiger partial charge is 0.480 e. The minimum atomic E-state index is -1.68. The Hall–Kier alpha value is -1.33. The zero-order valence-corrected chi connectivity index (χ0v) is 12.5. The number of carbonyl (C=O) groups excluding carboxylic acids is 1. The van der Waals surface area contributed by atoms with E-state index in [1.807, 2.05) is 0 Å². The van der Waals surface area contributed by atoms with E-state index in [2.05, 4.69) is 0 Å². The smallest absolute Gasteiger partial charge is 0.411 e. The number of ether oxygens (including phenoxy) is 1. The van der Waals surface area contributed by atoms with Crippen LogP contribution in [0.1, 0.15) is 48.0 Å². The van der Waals surface area contributed by atoms with Gasteiger partial charge < -0.3 is 9.84 Å². The third-order valence-corrected chi connectivity index (χ3v) is 2.31. The maximum Gasteiger partial charge on any atom is 0.411 e. The van der Waals surface area contributed by atoms with Crippen LogP contribution in [-0.2, 0) is 9.53 Å². The van der Waals surface area contributed by atoms with Crippen LogP contribution in [0.25, 0.3) is 0 Å². The summed E-state index contributed by atoms with van der Waals surface area (Å²) in [7, 11) is 0. The Kier molecular flexibility index (Phi) is 5.78. The van der Waals surface area contributed by atoms with Crippen LogP contribution in [0, 0.1) is 0 Å². The summed E-state index contributed by atoms with van der Waals surface area (Å²) in [5.41, 5.74) is -2.41. The molecule has 1 unspecified atom stereocenters. The quantitative estimate of drug-likeness (QED) is 0.839. The molecule has 5 nitrogen and oxygen atoms in total. The molecule has 112 valence electrons. The van der Waals surface area contributed by atoms with Gasteiger partial charge >= 0.3 is 12.1 Å². The number of rotatable bonds is 5. The molecule has 0 aliphatic heterocycles. The molecule has 0 heterocycles. The molecule has 1 amide bonds. The van der Waals surface area contributed by atoms with Crippen molar-refractivity contribution in [2.24, 2.45) is 0 Å². The molecule has 0 aliphatic rings. The first-order valence-corrected chi connectivity index (χ1v) is 6.28. The van der Waals surface area contributed by atoms with Crippen LogP contribution in [0.3, 0.4) is 0 Å². The summed E-state index contributed by atoms with van der Waals surface area (Å²) in [6.45, 7) is 9.40. The highest BCUT2D eigenvalue weighted by Gasteiger charge is 2.36. The van der Waals surface area contributed by atoms with Gasteiger partial charge in [0, 0.05) is 13.0 Å². The summed E-state index contributed by atoms with van der Waals surface area (Å²) in [4.78, 5) is 24.2. The molecular weight excluding hydrogens is 253 g/mol. The molecule has 0 rings (SSSR count). The van der Waals surface area contributed by atoms with Gasteiger partial charge in [0.05, 0.1) is 0 Å². The minimum absolute atomic E-state index is 0.141. The van der Waals surface area contributed by atoms with Crippen LogP contribution < -0.4 is 0 Å². The van der Waals surface area contributed by atoms with Crippen LogP contribution in [0.2, 0.25) is 0 Å². The van der Waals surface area contributed by atoms with Crippen molar-refractivity contribution in [1.82, 2.24) is 4.90 Å². The zero-order chi connectivity index (χ0) is 15.4. The van der Waals surface area contributed by atoms with E-state index in [0.717, 1.165) is 4.90 Å². The normalized spacial score (nSPS) is 13.8. The zero-order valence-electron chi connectivity index (χ0n) is 12.5. The van der Waals surface area contributed by atoms with Crippen LogP contribution in [0.5, 0.6) is 0 Å². The predicted molar refractivity (Wildman–Crippen MR) is 69.8 cm³/mol. The Morgan fingerprint density at radius 1 is 1.26 bits per heavy atom. The Bertz CT molecular complexity index is 331. The topological polar surface area (TPSA) is 66.8 Å². The summed E-state index contributed by atoms with van der Waals surface area (Å²) in [5.74, 6) is -1.24. The van der Waals surface area contributed by atoms with Crippen molar-refractivity contribution in [3.63, 3.8) is 0 Å². The molecule has 19 heavy (non-hydrogen) atoms. The van der Waals surface area contributed by atoms with Crippen LogP contribution in [0.4, 0.5) is 9.18 Å². The van der Waals surface area contributed by atoms with Crippen molar-refractivity contribution in [2.45, 2.75) is 65.3 Å². The number of halogens is 1. The van der Waals surface area contributed by atoms with Crippen molar-refractivity contribution in [3.05, 3.63) is 0 Å². The standard InChI is InChI=1S/C13H24FNO4/c1-7-15(11(18)19-12(2,3)4)9(10(16)17)8-13(5,6)14/h9H,7-8H2,1-6H3,(H,16,17). The first-order valence-electron chi connectivity index (χ1n) is 6.28. The van der Waals surface area contributed by atoms with Crippen molar-refractivity contribution in [2.75, 3.05) is 6.54 Å². The van der Waals surface area contributed by atoms with Gasteiger partial charge in [-0.25, -0.2) is 14.0 Å². The Morgan fingerprint density at radius 3 is 2.00 bits per heavy atom. The summed E-state index contributed by atoms with van der Waals surface area (Å²) in [6.07, 6.45) is -1.03. The average molecular weight is 277 g/mol. The molecule has 0 aliphatic carbocycles. The lowest BCUT2D eigenvalue weighted by Gasteiger charge is -2.32. The highest BCUT2D eigenvalue weighted by atomic mass is 19.1. The number of hydrogen-bond acceptors (Lipinski definition) is 3. The van der Waals surface area contributed by atoms with Gasteiger partial charge in [-0.2, -0.15) is 0 Å². The van der Waals surface area contributed by atoms with E-state index in [4.69, 9.17) is 9.84 Å². The van der Waals surface area contributed by atoms with E-state index in [9.17, 15) is 14.0 Å². The van der Waals surface area contributed by atoms with Gasteiger partial charge in [0.1, 0.15) is 17.3 Å². The number of carbonyl (C=O) groups is 2. The monoisotopic (exact) mass is 277 g/mol. The van der Waals surface area contributed by atoms with E-state index in [1.54, 1.807) is 27.7 Å². The molecule has 0 saturated heterocycles. The number of carboxylic acids is 1. The highest BCUT2D eigenvalue weighted by Crippen LogP contribution is 2.21. The molecule has 0 fully saturated rings. The fourth-order valence-corrected chi connectivity index (χ4v) is 1.59. The van der Waals surface area contributed by atoms with Gasteiger partial charge in [0.15, 0.2) is 0 Å². The average Bonchev–Trinajstić information content (AvgIpc) is 2.12. The van der Waals surface area contributed by atoms with Gasteiger partial charge in [0.2, 0.25) is 0 Å². The molecule has 0 aromatic carbocycles. The molecule has 0 aromatic heterocycles. The summed E-state index contributed by atoms with van der Waals surface area (Å²) in [6, 6.07) is -1.24. The van der Waals surface area contributed by atoms with Gasteiger partial charge in [-0.3, -0.25) is 4.90 Å². The number of nitrogens with zero attached hydrogens (tertiary/aromatic N) is 1. The molecule has 0 radical (unpaired) electrons. The Labute approximate surface area is 113 Å². The van der Waals surface area contributed by atoms with Gasteiger partial charge in [-0.05, 0) is 41.5 Å². The molecule has 0 aromatic rings.